The van der Waals surface area contributed by atoms with Crippen LogP contribution in [0.1, 0.15) is 25.0 Å². The van der Waals surface area contributed by atoms with Crippen molar-refractivity contribution in [1.82, 2.24) is 5.32 Å². The second-order valence-corrected chi connectivity index (χ2v) is 5.40. The number of hydrogen-bond donors (Lipinski definition) is 2. The van der Waals surface area contributed by atoms with Crippen LogP contribution in [0.25, 0.3) is 0 Å². The third kappa shape index (κ3) is 3.83. The number of amides is 2. The van der Waals surface area contributed by atoms with E-state index in [1.807, 2.05) is 19.9 Å². The zero-order valence-electron chi connectivity index (χ0n) is 12.4. The van der Waals surface area contributed by atoms with Crippen LogP contribution in [0.2, 0.25) is 0 Å². The molecule has 5 heteroatoms. The Morgan fingerprint density at radius 1 is 1.18 bits per heavy atom. The maximum absolute atomic E-state index is 13.0. The Kier molecular flexibility index (Phi) is 4.42. The van der Waals surface area contributed by atoms with Crippen LogP contribution in [0.3, 0.4) is 0 Å². The Hall–Kier alpha value is -2.87. The van der Waals surface area contributed by atoms with Crippen LogP contribution >= 0.6 is 0 Å². The molecule has 0 bridgehead atoms. The van der Waals surface area contributed by atoms with E-state index in [2.05, 4.69) is 10.6 Å². The van der Waals surface area contributed by atoms with Crippen molar-refractivity contribution in [2.24, 2.45) is 0 Å². The van der Waals surface area contributed by atoms with Gasteiger partial charge in [-0.3, -0.25) is 0 Å². The number of carbonyl (C=O) groups excluding carboxylic acids is 1. The summed E-state index contributed by atoms with van der Waals surface area (Å²) in [7, 11) is 0. The number of rotatable bonds is 3. The van der Waals surface area contributed by atoms with Crippen molar-refractivity contribution < 1.29 is 9.18 Å². The summed E-state index contributed by atoms with van der Waals surface area (Å²) in [5.74, 6) is -0.322. The first-order valence-corrected chi connectivity index (χ1v) is 6.76. The first-order valence-electron chi connectivity index (χ1n) is 6.76. The van der Waals surface area contributed by atoms with Gasteiger partial charge < -0.3 is 10.6 Å². The molecule has 112 valence electrons. The van der Waals surface area contributed by atoms with Gasteiger partial charge in [-0.1, -0.05) is 18.2 Å². The molecule has 2 aromatic carbocycles. The van der Waals surface area contributed by atoms with E-state index in [-0.39, 0.29) is 5.82 Å². The summed E-state index contributed by atoms with van der Waals surface area (Å²) in [4.78, 5) is 12.1. The summed E-state index contributed by atoms with van der Waals surface area (Å²) in [5, 5.41) is 14.3. The van der Waals surface area contributed by atoms with Gasteiger partial charge in [-0.05, 0) is 49.7 Å². The third-order valence-corrected chi connectivity index (χ3v) is 3.24. The fourth-order valence-corrected chi connectivity index (χ4v) is 2.05. The molecule has 4 nitrogen and oxygen atoms in total. The first-order chi connectivity index (χ1) is 10.4. The number of halogens is 1. The van der Waals surface area contributed by atoms with Crippen LogP contribution in [0.15, 0.2) is 48.5 Å². The van der Waals surface area contributed by atoms with E-state index in [1.165, 1.54) is 12.1 Å². The summed E-state index contributed by atoms with van der Waals surface area (Å²) in [6.07, 6.45) is 0. The van der Waals surface area contributed by atoms with Gasteiger partial charge in [-0.15, -0.1) is 0 Å². The first kappa shape index (κ1) is 15.5. The van der Waals surface area contributed by atoms with Crippen molar-refractivity contribution in [3.05, 3.63) is 65.5 Å². The number of anilines is 1. The lowest BCUT2D eigenvalue weighted by molar-refractivity contribution is 0.242. The van der Waals surface area contributed by atoms with Crippen molar-refractivity contribution in [2.75, 3.05) is 5.32 Å². The zero-order chi connectivity index (χ0) is 16.2. The van der Waals surface area contributed by atoms with Gasteiger partial charge in [0.2, 0.25) is 0 Å². The molecular weight excluding hydrogens is 281 g/mol. The summed E-state index contributed by atoms with van der Waals surface area (Å²) in [6.45, 7) is 3.65. The van der Waals surface area contributed by atoms with Crippen LogP contribution < -0.4 is 10.6 Å². The largest absolute Gasteiger partial charge is 0.329 e. The molecule has 0 unspecified atom stereocenters. The molecule has 2 amide bonds. The van der Waals surface area contributed by atoms with Gasteiger partial charge >= 0.3 is 6.03 Å². The van der Waals surface area contributed by atoms with E-state index in [9.17, 15) is 9.18 Å². The highest BCUT2D eigenvalue weighted by atomic mass is 19.1. The maximum atomic E-state index is 13.0. The lowest BCUT2D eigenvalue weighted by Crippen LogP contribution is -2.43. The standard InChI is InChI=1S/C17H16FN3O/c1-17(2,13-6-8-14(18)9-7-13)21-16(22)20-15-5-3-4-12(10-15)11-19/h3-10H,1-2H3,(H2,20,21,22). The van der Waals surface area contributed by atoms with Crippen molar-refractivity contribution in [1.29, 1.82) is 5.26 Å². The molecule has 2 rings (SSSR count). The molecule has 0 aliphatic heterocycles. The molecule has 0 saturated carbocycles. The summed E-state index contributed by atoms with van der Waals surface area (Å²) >= 11 is 0. The highest BCUT2D eigenvalue weighted by Gasteiger charge is 2.22. The lowest BCUT2D eigenvalue weighted by Gasteiger charge is -2.27. The molecule has 0 aromatic heterocycles. The van der Waals surface area contributed by atoms with Gasteiger partial charge in [-0.2, -0.15) is 5.26 Å². The highest BCUT2D eigenvalue weighted by Crippen LogP contribution is 2.20. The van der Waals surface area contributed by atoms with Gasteiger partial charge in [0.15, 0.2) is 0 Å². The quantitative estimate of drug-likeness (QED) is 0.906. The second-order valence-electron chi connectivity index (χ2n) is 5.40. The van der Waals surface area contributed by atoms with Crippen LogP contribution in [-0.2, 0) is 5.54 Å². The number of hydrogen-bond acceptors (Lipinski definition) is 2. The minimum Gasteiger partial charge on any atom is -0.329 e. The minimum atomic E-state index is -0.662. The third-order valence-electron chi connectivity index (χ3n) is 3.24. The highest BCUT2D eigenvalue weighted by molar-refractivity contribution is 5.90. The molecule has 0 atom stereocenters. The van der Waals surface area contributed by atoms with Gasteiger partial charge in [0.05, 0.1) is 17.2 Å². The summed E-state index contributed by atoms with van der Waals surface area (Å²) in [5.41, 5.74) is 1.13. The Morgan fingerprint density at radius 3 is 2.50 bits per heavy atom. The van der Waals surface area contributed by atoms with E-state index in [0.717, 1.165) is 5.56 Å². The van der Waals surface area contributed by atoms with E-state index in [0.29, 0.717) is 11.3 Å². The number of carbonyl (C=O) groups is 1. The molecule has 0 saturated heterocycles. The average Bonchev–Trinajstić information content (AvgIpc) is 2.47. The number of nitrogens with one attached hydrogen (secondary N) is 2. The minimum absolute atomic E-state index is 0.322. The SMILES string of the molecule is CC(C)(NC(=O)Nc1cccc(C#N)c1)c1ccc(F)cc1. The van der Waals surface area contributed by atoms with Crippen LogP contribution in [0.4, 0.5) is 14.9 Å². The molecule has 0 aliphatic rings. The fraction of sp³-hybridized carbons (Fsp3) is 0.176. The van der Waals surface area contributed by atoms with Crippen molar-refractivity contribution in [3.8, 4) is 6.07 Å². The molecule has 0 heterocycles. The van der Waals surface area contributed by atoms with Crippen LogP contribution in [-0.4, -0.2) is 6.03 Å². The predicted octanol–water partition coefficient (Wildman–Crippen LogP) is 3.75. The lowest BCUT2D eigenvalue weighted by atomic mass is 9.94. The molecule has 0 radical (unpaired) electrons. The Labute approximate surface area is 128 Å². The number of nitrogens with zero attached hydrogens (tertiary/aromatic N) is 1. The van der Waals surface area contributed by atoms with Gasteiger partial charge in [0.25, 0.3) is 0 Å². The van der Waals surface area contributed by atoms with E-state index >= 15 is 0 Å². The topological polar surface area (TPSA) is 64.9 Å². The Morgan fingerprint density at radius 2 is 1.86 bits per heavy atom. The van der Waals surface area contributed by atoms with E-state index < -0.39 is 11.6 Å². The van der Waals surface area contributed by atoms with Crippen molar-refractivity contribution in [2.45, 2.75) is 19.4 Å². The molecule has 0 spiro atoms. The molecule has 0 fully saturated rings. The summed E-state index contributed by atoms with van der Waals surface area (Å²) < 4.78 is 13.0. The second kappa shape index (κ2) is 6.27. The average molecular weight is 297 g/mol. The normalized spacial score (nSPS) is 10.6. The zero-order valence-corrected chi connectivity index (χ0v) is 12.4. The molecule has 2 N–H and O–H groups in total. The van der Waals surface area contributed by atoms with Gasteiger partial charge in [0, 0.05) is 5.69 Å². The number of urea groups is 1. The van der Waals surface area contributed by atoms with Gasteiger partial charge in [-0.25, -0.2) is 9.18 Å². The fourth-order valence-electron chi connectivity index (χ4n) is 2.05. The predicted molar refractivity (Wildman–Crippen MR) is 82.7 cm³/mol. The van der Waals surface area contributed by atoms with Crippen LogP contribution in [0, 0.1) is 17.1 Å². The maximum Gasteiger partial charge on any atom is 0.319 e. The Bertz CT molecular complexity index is 717. The molecular formula is C17H16FN3O. The Balaban J connectivity index is 2.07. The molecule has 0 aliphatic carbocycles. The molecule has 22 heavy (non-hydrogen) atoms. The van der Waals surface area contributed by atoms with E-state index in [4.69, 9.17) is 5.26 Å². The van der Waals surface area contributed by atoms with Crippen molar-refractivity contribution >= 4 is 11.7 Å². The van der Waals surface area contributed by atoms with Crippen LogP contribution in [0.5, 0.6) is 0 Å². The number of nitriles is 1. The van der Waals surface area contributed by atoms with E-state index in [1.54, 1.807) is 36.4 Å². The monoisotopic (exact) mass is 297 g/mol. The number of benzene rings is 2. The summed E-state index contributed by atoms with van der Waals surface area (Å²) in [6, 6.07) is 14.2. The smallest absolute Gasteiger partial charge is 0.319 e. The van der Waals surface area contributed by atoms with Gasteiger partial charge in [0.1, 0.15) is 5.82 Å². The van der Waals surface area contributed by atoms with Crippen molar-refractivity contribution in [3.63, 3.8) is 0 Å². The molecule has 2 aromatic rings.